The van der Waals surface area contributed by atoms with Crippen molar-refractivity contribution in [3.8, 4) is 0 Å². The minimum Gasteiger partial charge on any atom is -0.321 e. The largest absolute Gasteiger partial charge is 0.321 e. The Bertz CT molecular complexity index is 923. The van der Waals surface area contributed by atoms with Crippen molar-refractivity contribution in [1.29, 1.82) is 0 Å². The van der Waals surface area contributed by atoms with E-state index in [1.54, 1.807) is 12.1 Å². The molecule has 132 valence electrons. The Morgan fingerprint density at radius 1 is 1.19 bits per heavy atom. The summed E-state index contributed by atoms with van der Waals surface area (Å²) >= 11 is 0. The van der Waals surface area contributed by atoms with Gasteiger partial charge in [0.25, 0.3) is 11.6 Å². The number of hydrogen-bond acceptors (Lipinski definition) is 5. The molecule has 8 nitrogen and oxygen atoms in total. The van der Waals surface area contributed by atoms with Gasteiger partial charge in [-0.05, 0) is 30.7 Å². The molecule has 0 aromatic heterocycles. The monoisotopic (exact) mass is 352 g/mol. The highest BCUT2D eigenvalue weighted by Gasteiger charge is 2.26. The van der Waals surface area contributed by atoms with Crippen LogP contribution in [0.4, 0.5) is 17.1 Å². The maximum Gasteiger partial charge on any atom is 0.271 e. The van der Waals surface area contributed by atoms with E-state index < -0.39 is 10.8 Å². The van der Waals surface area contributed by atoms with E-state index in [2.05, 4.69) is 10.4 Å². The molecule has 2 aromatic rings. The third-order valence-electron chi connectivity index (χ3n) is 3.86. The van der Waals surface area contributed by atoms with Gasteiger partial charge in [-0.25, -0.2) is 5.01 Å². The molecule has 0 bridgehead atoms. The number of nitrogens with one attached hydrogen (secondary N) is 1. The fourth-order valence-electron chi connectivity index (χ4n) is 2.58. The predicted octanol–water partition coefficient (Wildman–Crippen LogP) is 3.02. The van der Waals surface area contributed by atoms with Crippen LogP contribution in [0.2, 0.25) is 0 Å². The van der Waals surface area contributed by atoms with Gasteiger partial charge in [-0.3, -0.25) is 19.7 Å². The van der Waals surface area contributed by atoms with Crippen LogP contribution in [0.5, 0.6) is 0 Å². The van der Waals surface area contributed by atoms with Crippen LogP contribution in [0, 0.1) is 17.0 Å². The third-order valence-corrected chi connectivity index (χ3v) is 3.86. The molecule has 0 unspecified atom stereocenters. The Hall–Kier alpha value is -3.55. The van der Waals surface area contributed by atoms with E-state index in [9.17, 15) is 19.7 Å². The molecule has 0 radical (unpaired) electrons. The number of non-ortho nitro benzene ring substituents is 1. The summed E-state index contributed by atoms with van der Waals surface area (Å²) in [5.74, 6) is -0.682. The zero-order valence-electron chi connectivity index (χ0n) is 14.0. The van der Waals surface area contributed by atoms with Gasteiger partial charge in [-0.15, -0.1) is 0 Å². The van der Waals surface area contributed by atoms with Crippen LogP contribution < -0.4 is 10.3 Å². The van der Waals surface area contributed by atoms with E-state index in [0.717, 1.165) is 5.56 Å². The summed E-state index contributed by atoms with van der Waals surface area (Å²) in [5, 5.41) is 18.8. The van der Waals surface area contributed by atoms with E-state index in [-0.39, 0.29) is 30.1 Å². The minimum atomic E-state index is -0.536. The zero-order valence-corrected chi connectivity index (χ0v) is 14.0. The van der Waals surface area contributed by atoms with E-state index in [0.29, 0.717) is 11.4 Å². The molecule has 3 rings (SSSR count). The second-order valence-corrected chi connectivity index (χ2v) is 5.85. The van der Waals surface area contributed by atoms with E-state index in [1.807, 2.05) is 25.1 Å². The Kier molecular flexibility index (Phi) is 4.74. The van der Waals surface area contributed by atoms with Gasteiger partial charge in [-0.2, -0.15) is 5.10 Å². The van der Waals surface area contributed by atoms with Gasteiger partial charge in [0.2, 0.25) is 5.91 Å². The van der Waals surface area contributed by atoms with Gasteiger partial charge in [0.05, 0.1) is 10.6 Å². The lowest BCUT2D eigenvalue weighted by molar-refractivity contribution is -0.384. The van der Waals surface area contributed by atoms with Crippen LogP contribution in [0.15, 0.2) is 53.6 Å². The molecule has 8 heteroatoms. The van der Waals surface area contributed by atoms with Crippen molar-refractivity contribution < 1.29 is 14.5 Å². The first-order valence-electron chi connectivity index (χ1n) is 7.97. The predicted molar refractivity (Wildman–Crippen MR) is 97.1 cm³/mol. The number of hydrazone groups is 1. The highest BCUT2D eigenvalue weighted by molar-refractivity contribution is 6.44. The number of nitrogens with zero attached hydrogens (tertiary/aromatic N) is 3. The number of benzene rings is 2. The van der Waals surface area contributed by atoms with Gasteiger partial charge >= 0.3 is 0 Å². The molecule has 0 saturated heterocycles. The molecule has 1 aliphatic rings. The lowest BCUT2D eigenvalue weighted by Crippen LogP contribution is -2.36. The van der Waals surface area contributed by atoms with Gasteiger partial charge in [0.1, 0.15) is 5.71 Å². The lowest BCUT2D eigenvalue weighted by Gasteiger charge is -2.23. The van der Waals surface area contributed by atoms with Crippen molar-refractivity contribution in [2.24, 2.45) is 5.10 Å². The molecule has 0 spiro atoms. The summed E-state index contributed by atoms with van der Waals surface area (Å²) in [5.41, 5.74) is 1.93. The number of rotatable bonds is 4. The quantitative estimate of drug-likeness (QED) is 0.674. The first kappa shape index (κ1) is 17.3. The number of carbonyl (C=O) groups is 2. The molecular formula is C18H16N4O4. The first-order valence-corrected chi connectivity index (χ1v) is 7.97. The second-order valence-electron chi connectivity index (χ2n) is 5.85. The molecule has 0 saturated carbocycles. The van der Waals surface area contributed by atoms with Crippen molar-refractivity contribution in [2.75, 3.05) is 10.3 Å². The highest BCUT2D eigenvalue weighted by Crippen LogP contribution is 2.22. The minimum absolute atomic E-state index is 0.120. The van der Waals surface area contributed by atoms with Crippen LogP contribution in [0.25, 0.3) is 0 Å². The zero-order chi connectivity index (χ0) is 18.7. The molecule has 2 amide bonds. The average molecular weight is 352 g/mol. The van der Waals surface area contributed by atoms with Crippen LogP contribution >= 0.6 is 0 Å². The number of aryl methyl sites for hydroxylation is 1. The molecule has 26 heavy (non-hydrogen) atoms. The van der Waals surface area contributed by atoms with Crippen molar-refractivity contribution in [3.63, 3.8) is 0 Å². The molecule has 0 atom stereocenters. The van der Waals surface area contributed by atoms with Crippen molar-refractivity contribution in [2.45, 2.75) is 19.8 Å². The highest BCUT2D eigenvalue weighted by atomic mass is 16.6. The van der Waals surface area contributed by atoms with Crippen LogP contribution in [-0.2, 0) is 9.59 Å². The summed E-state index contributed by atoms with van der Waals surface area (Å²) in [6.45, 7) is 1.90. The molecule has 1 N–H and O–H groups in total. The first-order chi connectivity index (χ1) is 12.4. The number of nitro benzene ring substituents is 1. The lowest BCUT2D eigenvalue weighted by atomic mass is 10.1. The SMILES string of the molecule is Cc1cccc(N2N=C(C(=O)Nc3cccc([N+](=O)[O-])c3)CCC2=O)c1. The van der Waals surface area contributed by atoms with Gasteiger partial charge in [0.15, 0.2) is 0 Å². The Labute approximate surface area is 149 Å². The molecular weight excluding hydrogens is 336 g/mol. The topological polar surface area (TPSA) is 105 Å². The number of hydrogen-bond donors (Lipinski definition) is 1. The third kappa shape index (κ3) is 3.75. The summed E-state index contributed by atoms with van der Waals surface area (Å²) in [6, 6.07) is 12.9. The summed E-state index contributed by atoms with van der Waals surface area (Å²) < 4.78 is 0. The Morgan fingerprint density at radius 3 is 2.69 bits per heavy atom. The summed E-state index contributed by atoms with van der Waals surface area (Å²) in [6.07, 6.45) is 0.372. The van der Waals surface area contributed by atoms with Crippen LogP contribution in [-0.4, -0.2) is 22.4 Å². The Balaban J connectivity index is 1.82. The van der Waals surface area contributed by atoms with Crippen molar-refractivity contribution in [1.82, 2.24) is 0 Å². The van der Waals surface area contributed by atoms with Crippen LogP contribution in [0.1, 0.15) is 18.4 Å². The van der Waals surface area contributed by atoms with Gasteiger partial charge in [-0.1, -0.05) is 18.2 Å². The fraction of sp³-hybridized carbons (Fsp3) is 0.167. The Morgan fingerprint density at radius 2 is 1.96 bits per heavy atom. The van der Waals surface area contributed by atoms with E-state index in [4.69, 9.17) is 0 Å². The molecule has 0 fully saturated rings. The normalized spacial score (nSPS) is 14.0. The number of nitro groups is 1. The van der Waals surface area contributed by atoms with Crippen molar-refractivity contribution in [3.05, 3.63) is 64.2 Å². The average Bonchev–Trinajstić information content (AvgIpc) is 2.62. The number of amides is 2. The molecule has 0 aliphatic carbocycles. The smallest absolute Gasteiger partial charge is 0.271 e. The molecule has 1 aliphatic heterocycles. The number of anilines is 2. The van der Waals surface area contributed by atoms with Crippen LogP contribution in [0.3, 0.4) is 0 Å². The molecule has 2 aromatic carbocycles. The second kappa shape index (κ2) is 7.14. The number of carbonyl (C=O) groups excluding carboxylic acids is 2. The van der Waals surface area contributed by atoms with Gasteiger partial charge < -0.3 is 5.32 Å². The summed E-state index contributed by atoms with van der Waals surface area (Å²) in [4.78, 5) is 34.9. The van der Waals surface area contributed by atoms with E-state index >= 15 is 0 Å². The summed E-state index contributed by atoms with van der Waals surface area (Å²) in [7, 11) is 0. The fourth-order valence-corrected chi connectivity index (χ4v) is 2.58. The van der Waals surface area contributed by atoms with Crippen molar-refractivity contribution >= 4 is 34.6 Å². The maximum atomic E-state index is 12.4. The molecule has 1 heterocycles. The standard InChI is InChI=1S/C18H16N4O4/c1-12-4-2-6-14(10-12)21-17(23)9-8-16(20-21)18(24)19-13-5-3-7-15(11-13)22(25)26/h2-7,10-11H,8-9H2,1H3,(H,19,24). The van der Waals surface area contributed by atoms with Gasteiger partial charge in [0, 0.05) is 30.7 Å². The van der Waals surface area contributed by atoms with E-state index in [1.165, 1.54) is 23.2 Å². The maximum absolute atomic E-state index is 12.4.